The standard InChI is InChI=1S/C27H26N2O3/c1-20-24-9-5-6-10-25(24)27(31)29(20)18-16-26(30)28-17-15-21-11-13-23(14-12-21)32-19-22-7-3-2-4-8-22/h2-14H,1,15-19H2,(H,28,30). The normalized spacial score (nSPS) is 12.6. The predicted octanol–water partition coefficient (Wildman–Crippen LogP) is 4.44. The Morgan fingerprint density at radius 1 is 0.875 bits per heavy atom. The SMILES string of the molecule is C=C1c2ccccc2C(=O)N1CCC(=O)NCCc1ccc(OCc2ccccc2)cc1. The zero-order valence-corrected chi connectivity index (χ0v) is 17.9. The van der Waals surface area contributed by atoms with E-state index in [-0.39, 0.29) is 18.2 Å². The maximum Gasteiger partial charge on any atom is 0.258 e. The molecule has 0 atom stereocenters. The van der Waals surface area contributed by atoms with E-state index < -0.39 is 0 Å². The molecule has 32 heavy (non-hydrogen) atoms. The fraction of sp³-hybridized carbons (Fsp3) is 0.185. The minimum Gasteiger partial charge on any atom is -0.489 e. The fourth-order valence-corrected chi connectivity index (χ4v) is 3.71. The smallest absolute Gasteiger partial charge is 0.258 e. The van der Waals surface area contributed by atoms with Crippen molar-refractivity contribution in [2.75, 3.05) is 13.1 Å². The van der Waals surface area contributed by atoms with Gasteiger partial charge in [-0.05, 0) is 35.7 Å². The molecular weight excluding hydrogens is 400 g/mol. The van der Waals surface area contributed by atoms with E-state index in [0.29, 0.717) is 31.0 Å². The van der Waals surface area contributed by atoms with Crippen LogP contribution in [0.2, 0.25) is 0 Å². The largest absolute Gasteiger partial charge is 0.489 e. The van der Waals surface area contributed by atoms with Crippen LogP contribution in [0.1, 0.15) is 33.5 Å². The van der Waals surface area contributed by atoms with E-state index in [1.54, 1.807) is 11.0 Å². The molecule has 3 aromatic carbocycles. The van der Waals surface area contributed by atoms with E-state index in [2.05, 4.69) is 11.9 Å². The van der Waals surface area contributed by atoms with Crippen LogP contribution in [-0.2, 0) is 17.8 Å². The monoisotopic (exact) mass is 426 g/mol. The highest BCUT2D eigenvalue weighted by Crippen LogP contribution is 2.30. The molecule has 5 heteroatoms. The lowest BCUT2D eigenvalue weighted by molar-refractivity contribution is -0.121. The van der Waals surface area contributed by atoms with Crippen LogP contribution in [-0.4, -0.2) is 29.8 Å². The van der Waals surface area contributed by atoms with E-state index >= 15 is 0 Å². The molecule has 1 aliphatic rings. The molecule has 0 bridgehead atoms. The second kappa shape index (κ2) is 9.96. The Morgan fingerprint density at radius 2 is 1.56 bits per heavy atom. The molecule has 0 radical (unpaired) electrons. The van der Waals surface area contributed by atoms with E-state index in [9.17, 15) is 9.59 Å². The van der Waals surface area contributed by atoms with E-state index in [0.717, 1.165) is 28.9 Å². The van der Waals surface area contributed by atoms with E-state index in [1.165, 1.54) is 0 Å². The number of nitrogens with one attached hydrogen (secondary N) is 1. The van der Waals surface area contributed by atoms with Gasteiger partial charge in [0.1, 0.15) is 12.4 Å². The van der Waals surface area contributed by atoms with Crippen molar-refractivity contribution in [3.05, 3.63) is 108 Å². The first kappa shape index (κ1) is 21.4. The average molecular weight is 427 g/mol. The molecule has 1 heterocycles. The molecule has 1 N–H and O–H groups in total. The quantitative estimate of drug-likeness (QED) is 0.550. The van der Waals surface area contributed by atoms with Gasteiger partial charge in [-0.15, -0.1) is 0 Å². The fourth-order valence-electron chi connectivity index (χ4n) is 3.71. The lowest BCUT2D eigenvalue weighted by atomic mass is 10.1. The van der Waals surface area contributed by atoms with Gasteiger partial charge in [0.2, 0.25) is 5.91 Å². The second-order valence-electron chi connectivity index (χ2n) is 7.72. The van der Waals surface area contributed by atoms with Gasteiger partial charge in [-0.3, -0.25) is 9.59 Å². The van der Waals surface area contributed by atoms with Gasteiger partial charge in [-0.1, -0.05) is 67.2 Å². The summed E-state index contributed by atoms with van der Waals surface area (Å²) in [7, 11) is 0. The molecule has 0 unspecified atom stereocenters. The molecule has 3 aromatic rings. The Labute approximate surface area is 188 Å². The summed E-state index contributed by atoms with van der Waals surface area (Å²) >= 11 is 0. The number of carbonyl (C=O) groups excluding carboxylic acids is 2. The van der Waals surface area contributed by atoms with Crippen molar-refractivity contribution in [1.82, 2.24) is 10.2 Å². The number of benzene rings is 3. The third-order valence-corrected chi connectivity index (χ3v) is 5.51. The third kappa shape index (κ3) is 5.06. The minimum absolute atomic E-state index is 0.0793. The van der Waals surface area contributed by atoms with Crippen molar-refractivity contribution in [1.29, 1.82) is 0 Å². The molecule has 5 nitrogen and oxygen atoms in total. The Morgan fingerprint density at radius 3 is 2.28 bits per heavy atom. The molecular formula is C27H26N2O3. The highest BCUT2D eigenvalue weighted by atomic mass is 16.5. The number of hydrogen-bond acceptors (Lipinski definition) is 3. The molecule has 0 aromatic heterocycles. The molecule has 1 aliphatic heterocycles. The molecule has 162 valence electrons. The zero-order chi connectivity index (χ0) is 22.3. The van der Waals surface area contributed by atoms with Crippen LogP contribution in [0, 0.1) is 0 Å². The van der Waals surface area contributed by atoms with Gasteiger partial charge >= 0.3 is 0 Å². The summed E-state index contributed by atoms with van der Waals surface area (Å²) in [5, 5.41) is 2.93. The number of fused-ring (bicyclic) bond motifs is 1. The van der Waals surface area contributed by atoms with Crippen LogP contribution in [0.3, 0.4) is 0 Å². The van der Waals surface area contributed by atoms with Gasteiger partial charge in [-0.2, -0.15) is 0 Å². The summed E-state index contributed by atoms with van der Waals surface area (Å²) in [5.41, 5.74) is 4.40. The molecule has 0 saturated heterocycles. The van der Waals surface area contributed by atoms with Crippen molar-refractivity contribution in [3.63, 3.8) is 0 Å². The Kier molecular flexibility index (Phi) is 6.66. The lowest BCUT2D eigenvalue weighted by Gasteiger charge is -2.17. The highest BCUT2D eigenvalue weighted by Gasteiger charge is 2.30. The summed E-state index contributed by atoms with van der Waals surface area (Å²) in [4.78, 5) is 26.3. The first-order chi connectivity index (χ1) is 15.6. The average Bonchev–Trinajstić information content (AvgIpc) is 3.07. The topological polar surface area (TPSA) is 58.6 Å². The second-order valence-corrected chi connectivity index (χ2v) is 7.72. The molecule has 4 rings (SSSR count). The van der Waals surface area contributed by atoms with Gasteiger partial charge in [0.05, 0.1) is 0 Å². The molecule has 0 aliphatic carbocycles. The number of rotatable bonds is 9. The van der Waals surface area contributed by atoms with Gasteiger partial charge < -0.3 is 15.0 Å². The predicted molar refractivity (Wildman–Crippen MR) is 125 cm³/mol. The number of nitrogens with zero attached hydrogens (tertiary/aromatic N) is 1. The van der Waals surface area contributed by atoms with Gasteiger partial charge in [0.15, 0.2) is 0 Å². The summed E-state index contributed by atoms with van der Waals surface area (Å²) < 4.78 is 5.80. The molecule has 0 saturated carbocycles. The van der Waals surface area contributed by atoms with Crippen molar-refractivity contribution in [2.45, 2.75) is 19.4 Å². The van der Waals surface area contributed by atoms with Crippen LogP contribution in [0.5, 0.6) is 5.75 Å². The number of carbonyl (C=O) groups is 2. The molecule has 0 fully saturated rings. The van der Waals surface area contributed by atoms with Crippen molar-refractivity contribution >= 4 is 17.5 Å². The van der Waals surface area contributed by atoms with Crippen LogP contribution in [0.4, 0.5) is 0 Å². The van der Waals surface area contributed by atoms with Crippen LogP contribution in [0.15, 0.2) is 85.4 Å². The molecule has 2 amide bonds. The number of amides is 2. The summed E-state index contributed by atoms with van der Waals surface area (Å²) in [5.74, 6) is 0.649. The van der Waals surface area contributed by atoms with Crippen molar-refractivity contribution in [2.24, 2.45) is 0 Å². The maximum atomic E-state index is 12.5. The highest BCUT2D eigenvalue weighted by molar-refractivity contribution is 6.08. The summed E-state index contributed by atoms with van der Waals surface area (Å²) in [6, 6.07) is 25.3. The van der Waals surface area contributed by atoms with Gasteiger partial charge in [-0.25, -0.2) is 0 Å². The first-order valence-corrected chi connectivity index (χ1v) is 10.7. The van der Waals surface area contributed by atoms with E-state index in [4.69, 9.17) is 4.74 Å². The lowest BCUT2D eigenvalue weighted by Crippen LogP contribution is -2.31. The van der Waals surface area contributed by atoms with Gasteiger partial charge in [0.25, 0.3) is 5.91 Å². The third-order valence-electron chi connectivity index (χ3n) is 5.51. The van der Waals surface area contributed by atoms with Gasteiger partial charge in [0, 0.05) is 36.3 Å². The zero-order valence-electron chi connectivity index (χ0n) is 17.9. The van der Waals surface area contributed by atoms with Crippen LogP contribution >= 0.6 is 0 Å². The summed E-state index contributed by atoms with van der Waals surface area (Å²) in [6.45, 7) is 5.41. The molecule has 0 spiro atoms. The number of hydrogen-bond donors (Lipinski definition) is 1. The maximum absolute atomic E-state index is 12.5. The Balaban J connectivity index is 1.18. The first-order valence-electron chi connectivity index (χ1n) is 10.7. The Hall–Kier alpha value is -3.86. The minimum atomic E-state index is -0.0898. The van der Waals surface area contributed by atoms with Crippen molar-refractivity contribution in [3.8, 4) is 5.75 Å². The van der Waals surface area contributed by atoms with Crippen LogP contribution in [0.25, 0.3) is 5.70 Å². The number of ether oxygens (including phenoxy) is 1. The Bertz CT molecular complexity index is 1070. The van der Waals surface area contributed by atoms with Crippen molar-refractivity contribution < 1.29 is 14.3 Å². The van der Waals surface area contributed by atoms with E-state index in [1.807, 2.05) is 72.8 Å². The van der Waals surface area contributed by atoms with Crippen LogP contribution < -0.4 is 10.1 Å². The summed E-state index contributed by atoms with van der Waals surface area (Å²) in [6.07, 6.45) is 0.969.